The third-order valence-electron chi connectivity index (χ3n) is 7.34. The molecule has 200 valence electrons. The molecule has 0 saturated heterocycles. The summed E-state index contributed by atoms with van der Waals surface area (Å²) in [5.41, 5.74) is 2.55. The fourth-order valence-electron chi connectivity index (χ4n) is 5.20. The van der Waals surface area contributed by atoms with Gasteiger partial charge in [-0.15, -0.1) is 0 Å². The largest absolute Gasteiger partial charge is 0.508 e. The van der Waals surface area contributed by atoms with E-state index in [1.807, 2.05) is 12.1 Å². The summed E-state index contributed by atoms with van der Waals surface area (Å²) < 4.78 is 0. The van der Waals surface area contributed by atoms with Crippen molar-refractivity contribution >= 4 is 5.91 Å². The Balaban J connectivity index is 1.69. The molecule has 4 heteroatoms. The number of rotatable bonds is 19. The molecule has 2 aromatic carbocycles. The topological polar surface area (TPSA) is 69.6 Å². The Morgan fingerprint density at radius 1 is 0.667 bits per heavy atom. The molecule has 2 rings (SSSR count). The van der Waals surface area contributed by atoms with E-state index in [2.05, 4.69) is 31.3 Å². The molecule has 0 aliphatic carbocycles. The molecule has 0 fully saturated rings. The minimum Gasteiger partial charge on any atom is -0.508 e. The highest BCUT2D eigenvalue weighted by molar-refractivity contribution is 5.75. The molecule has 0 spiro atoms. The number of phenolic OH excluding ortho intramolecular Hbond substituents is 2. The van der Waals surface area contributed by atoms with Crippen molar-refractivity contribution in [3.05, 3.63) is 59.7 Å². The number of unbranched alkanes of at least 4 members (excludes halogenated alkanes) is 9. The molecule has 2 aromatic rings. The van der Waals surface area contributed by atoms with Gasteiger partial charge in [0, 0.05) is 13.0 Å². The average molecular weight is 496 g/mol. The Kier molecular flexibility index (Phi) is 14.8. The second-order valence-corrected chi connectivity index (χ2v) is 10.2. The molecular formula is C32H49NO3. The van der Waals surface area contributed by atoms with Crippen molar-refractivity contribution in [3.8, 4) is 11.5 Å². The summed E-state index contributed by atoms with van der Waals surface area (Å²) in [6, 6.07) is 15.4. The van der Waals surface area contributed by atoms with Gasteiger partial charge in [0.2, 0.25) is 5.91 Å². The lowest BCUT2D eigenvalue weighted by atomic mass is 9.77. The van der Waals surface area contributed by atoms with Gasteiger partial charge >= 0.3 is 0 Å². The first-order valence-corrected chi connectivity index (χ1v) is 14.4. The van der Waals surface area contributed by atoms with E-state index >= 15 is 0 Å². The maximum Gasteiger partial charge on any atom is 0.219 e. The van der Waals surface area contributed by atoms with Gasteiger partial charge in [-0.2, -0.15) is 0 Å². The van der Waals surface area contributed by atoms with Gasteiger partial charge in [-0.25, -0.2) is 0 Å². The second kappa shape index (κ2) is 17.9. The first-order valence-electron chi connectivity index (χ1n) is 14.4. The molecule has 0 radical (unpaired) electrons. The summed E-state index contributed by atoms with van der Waals surface area (Å²) in [6.45, 7) is 5.24. The van der Waals surface area contributed by atoms with Gasteiger partial charge in [0.1, 0.15) is 11.5 Å². The molecular weight excluding hydrogens is 446 g/mol. The van der Waals surface area contributed by atoms with E-state index in [9.17, 15) is 15.0 Å². The first kappa shape index (κ1) is 29.7. The molecule has 0 saturated carbocycles. The fraction of sp³-hybridized carbons (Fsp3) is 0.594. The van der Waals surface area contributed by atoms with Crippen LogP contribution in [0.25, 0.3) is 0 Å². The number of benzene rings is 2. The molecule has 0 aliphatic rings. The lowest BCUT2D eigenvalue weighted by Crippen LogP contribution is -2.23. The zero-order valence-corrected chi connectivity index (χ0v) is 22.7. The van der Waals surface area contributed by atoms with Gasteiger partial charge in [-0.1, -0.05) is 95.9 Å². The van der Waals surface area contributed by atoms with E-state index in [0.29, 0.717) is 29.8 Å². The van der Waals surface area contributed by atoms with E-state index in [1.54, 1.807) is 24.3 Å². The molecule has 0 aromatic heterocycles. The van der Waals surface area contributed by atoms with Crippen molar-refractivity contribution in [1.29, 1.82) is 0 Å². The van der Waals surface area contributed by atoms with Crippen molar-refractivity contribution in [2.24, 2.45) is 0 Å². The lowest BCUT2D eigenvalue weighted by molar-refractivity contribution is -0.121. The van der Waals surface area contributed by atoms with Gasteiger partial charge in [-0.05, 0) is 72.9 Å². The van der Waals surface area contributed by atoms with Crippen LogP contribution < -0.4 is 5.32 Å². The first-order chi connectivity index (χ1) is 17.5. The highest BCUT2D eigenvalue weighted by Gasteiger charge is 2.23. The van der Waals surface area contributed by atoms with Crippen molar-refractivity contribution < 1.29 is 15.0 Å². The van der Waals surface area contributed by atoms with E-state index in [4.69, 9.17) is 0 Å². The van der Waals surface area contributed by atoms with Gasteiger partial charge in [0.05, 0.1) is 0 Å². The monoisotopic (exact) mass is 495 g/mol. The lowest BCUT2D eigenvalue weighted by Gasteiger charge is -2.28. The van der Waals surface area contributed by atoms with Crippen LogP contribution in [0.15, 0.2) is 48.5 Å². The second-order valence-electron chi connectivity index (χ2n) is 10.2. The van der Waals surface area contributed by atoms with Gasteiger partial charge < -0.3 is 15.5 Å². The highest BCUT2D eigenvalue weighted by atomic mass is 16.3. The summed E-state index contributed by atoms with van der Waals surface area (Å²) in [5.74, 6) is 1.61. The maximum absolute atomic E-state index is 11.8. The molecule has 4 nitrogen and oxygen atoms in total. The van der Waals surface area contributed by atoms with E-state index in [1.165, 1.54) is 62.5 Å². The standard InChI is InChI=1S/C32H49NO3/c1-3-5-14-25-33-32(36)16-13-11-9-7-6-8-10-12-15-31(27-19-23-29(35)24-20-27)30(4-2)26-17-21-28(34)22-18-26/h17-24,30-31,34-35H,3-16,25H2,1-2H3,(H,33,36). The third kappa shape index (κ3) is 11.5. The van der Waals surface area contributed by atoms with Gasteiger partial charge in [0.25, 0.3) is 0 Å². The van der Waals surface area contributed by atoms with E-state index in [-0.39, 0.29) is 5.91 Å². The summed E-state index contributed by atoms with van der Waals surface area (Å²) in [7, 11) is 0. The molecule has 36 heavy (non-hydrogen) atoms. The Morgan fingerprint density at radius 3 is 1.69 bits per heavy atom. The number of carbonyl (C=O) groups is 1. The van der Waals surface area contributed by atoms with Gasteiger partial charge in [0.15, 0.2) is 0 Å². The van der Waals surface area contributed by atoms with Crippen molar-refractivity contribution in [2.45, 2.75) is 116 Å². The fourth-order valence-corrected chi connectivity index (χ4v) is 5.20. The Hall–Kier alpha value is -2.49. The van der Waals surface area contributed by atoms with Crippen LogP contribution in [-0.4, -0.2) is 22.7 Å². The van der Waals surface area contributed by atoms with Crippen LogP contribution in [0.5, 0.6) is 11.5 Å². The number of aromatic hydroxyl groups is 2. The zero-order valence-electron chi connectivity index (χ0n) is 22.7. The van der Waals surface area contributed by atoms with Crippen LogP contribution in [0.1, 0.15) is 127 Å². The molecule has 0 bridgehead atoms. The van der Waals surface area contributed by atoms with Crippen LogP contribution in [0, 0.1) is 0 Å². The number of hydrogen-bond acceptors (Lipinski definition) is 3. The molecule has 0 heterocycles. The van der Waals surface area contributed by atoms with Crippen molar-refractivity contribution in [3.63, 3.8) is 0 Å². The Bertz CT molecular complexity index is 831. The molecule has 0 aliphatic heterocycles. The quantitative estimate of drug-likeness (QED) is 0.171. The highest BCUT2D eigenvalue weighted by Crippen LogP contribution is 2.40. The summed E-state index contributed by atoms with van der Waals surface area (Å²) in [5, 5.41) is 22.5. The van der Waals surface area contributed by atoms with Crippen LogP contribution in [0.3, 0.4) is 0 Å². The minimum absolute atomic E-state index is 0.215. The van der Waals surface area contributed by atoms with E-state index in [0.717, 1.165) is 38.6 Å². The van der Waals surface area contributed by atoms with Crippen molar-refractivity contribution in [1.82, 2.24) is 5.32 Å². The van der Waals surface area contributed by atoms with Gasteiger partial charge in [-0.3, -0.25) is 4.79 Å². The summed E-state index contributed by atoms with van der Waals surface area (Å²) in [4.78, 5) is 11.8. The van der Waals surface area contributed by atoms with Crippen molar-refractivity contribution in [2.75, 3.05) is 6.54 Å². The molecule has 3 N–H and O–H groups in total. The average Bonchev–Trinajstić information content (AvgIpc) is 2.88. The number of amides is 1. The Morgan fingerprint density at radius 2 is 1.17 bits per heavy atom. The molecule has 1 amide bonds. The third-order valence-corrected chi connectivity index (χ3v) is 7.34. The normalized spacial score (nSPS) is 12.8. The van der Waals surface area contributed by atoms with E-state index < -0.39 is 0 Å². The van der Waals surface area contributed by atoms with Crippen LogP contribution in [0.2, 0.25) is 0 Å². The van der Waals surface area contributed by atoms with Crippen LogP contribution in [0.4, 0.5) is 0 Å². The minimum atomic E-state index is 0.215. The number of carbonyl (C=O) groups excluding carboxylic acids is 1. The molecule has 2 unspecified atom stereocenters. The maximum atomic E-state index is 11.8. The smallest absolute Gasteiger partial charge is 0.219 e. The number of nitrogens with one attached hydrogen (secondary N) is 1. The predicted octanol–water partition coefficient (Wildman–Crippen LogP) is 8.58. The number of phenols is 2. The van der Waals surface area contributed by atoms with Crippen LogP contribution in [-0.2, 0) is 4.79 Å². The SMILES string of the molecule is CCCCCNC(=O)CCCCCCCCCCC(c1ccc(O)cc1)C(CC)c1ccc(O)cc1. The Labute approximate surface area is 219 Å². The summed E-state index contributed by atoms with van der Waals surface area (Å²) in [6.07, 6.45) is 15.9. The zero-order chi connectivity index (χ0) is 26.0. The van der Waals surface area contributed by atoms with Crippen LogP contribution >= 0.6 is 0 Å². The number of hydrogen-bond donors (Lipinski definition) is 3. The summed E-state index contributed by atoms with van der Waals surface area (Å²) >= 11 is 0. The predicted molar refractivity (Wildman–Crippen MR) is 151 cm³/mol. The molecule has 2 atom stereocenters.